The van der Waals surface area contributed by atoms with Gasteiger partial charge in [-0.3, -0.25) is 4.79 Å². The van der Waals surface area contributed by atoms with Gasteiger partial charge in [-0.25, -0.2) is 8.42 Å². The predicted octanol–water partition coefficient (Wildman–Crippen LogP) is 5.05. The van der Waals surface area contributed by atoms with Gasteiger partial charge in [-0.2, -0.15) is 0 Å². The number of rotatable bonds is 3. The van der Waals surface area contributed by atoms with Crippen molar-refractivity contribution in [1.82, 2.24) is 0 Å². The first kappa shape index (κ1) is 20.4. The SMILES string of the molecule is CC(C)(I)C(=O)Oc1ccc([S+]2c3ccccc3S(=O)(=O)c3ccccc32)cc1. The number of esters is 1. The van der Waals surface area contributed by atoms with Crippen molar-refractivity contribution in [2.24, 2.45) is 0 Å². The van der Waals surface area contributed by atoms with Gasteiger partial charge in [0.2, 0.25) is 9.84 Å². The summed E-state index contributed by atoms with van der Waals surface area (Å²) in [4.78, 5) is 15.4. The van der Waals surface area contributed by atoms with Crippen LogP contribution in [0, 0.1) is 0 Å². The molecular formula is C22H18IO4S2+. The number of fused-ring (bicyclic) bond motifs is 2. The molecule has 0 atom stereocenters. The second kappa shape index (κ2) is 7.45. The first-order valence-corrected chi connectivity index (χ1v) is 12.7. The zero-order valence-corrected chi connectivity index (χ0v) is 19.5. The van der Waals surface area contributed by atoms with Crippen LogP contribution >= 0.6 is 22.6 Å². The Bertz CT molecular complexity index is 1140. The van der Waals surface area contributed by atoms with Crippen LogP contribution in [0.15, 0.2) is 97.3 Å². The van der Waals surface area contributed by atoms with Crippen molar-refractivity contribution in [2.75, 3.05) is 0 Å². The van der Waals surface area contributed by atoms with Gasteiger partial charge in [0.05, 0.1) is 0 Å². The molecule has 0 fully saturated rings. The highest BCUT2D eigenvalue weighted by atomic mass is 127. The summed E-state index contributed by atoms with van der Waals surface area (Å²) in [6.45, 7) is 3.59. The van der Waals surface area contributed by atoms with Crippen LogP contribution in [0.3, 0.4) is 0 Å². The number of hydrogen-bond donors (Lipinski definition) is 0. The van der Waals surface area contributed by atoms with E-state index in [4.69, 9.17) is 4.74 Å². The lowest BCUT2D eigenvalue weighted by Gasteiger charge is -2.19. The minimum absolute atomic E-state index is 0.312. The molecule has 148 valence electrons. The molecule has 3 aromatic carbocycles. The van der Waals surface area contributed by atoms with Gasteiger partial charge in [0.15, 0.2) is 14.7 Å². The van der Waals surface area contributed by atoms with Crippen molar-refractivity contribution in [2.45, 2.75) is 41.7 Å². The van der Waals surface area contributed by atoms with E-state index in [2.05, 4.69) is 0 Å². The smallest absolute Gasteiger partial charge is 0.326 e. The van der Waals surface area contributed by atoms with Crippen molar-refractivity contribution < 1.29 is 17.9 Å². The van der Waals surface area contributed by atoms with E-state index in [1.54, 1.807) is 50.2 Å². The summed E-state index contributed by atoms with van der Waals surface area (Å²) >= 11 is 2.05. The van der Waals surface area contributed by atoms with Gasteiger partial charge in [-0.05, 0) is 62.4 Å². The van der Waals surface area contributed by atoms with Crippen molar-refractivity contribution in [3.8, 4) is 5.75 Å². The van der Waals surface area contributed by atoms with E-state index in [-0.39, 0.29) is 5.97 Å². The molecule has 0 bridgehead atoms. The monoisotopic (exact) mass is 537 g/mol. The fourth-order valence-corrected chi connectivity index (χ4v) is 7.85. The van der Waals surface area contributed by atoms with Crippen molar-refractivity contribution in [3.05, 3.63) is 72.8 Å². The lowest BCUT2D eigenvalue weighted by molar-refractivity contribution is -0.135. The Morgan fingerprint density at radius 1 is 0.862 bits per heavy atom. The second-order valence-electron chi connectivity index (χ2n) is 7.04. The van der Waals surface area contributed by atoms with E-state index in [1.165, 1.54) is 0 Å². The number of alkyl halides is 1. The quantitative estimate of drug-likeness (QED) is 0.121. The van der Waals surface area contributed by atoms with Crippen LogP contribution in [-0.4, -0.2) is 17.8 Å². The highest BCUT2D eigenvalue weighted by Crippen LogP contribution is 2.44. The lowest BCUT2D eigenvalue weighted by atomic mass is 10.2. The molecule has 0 aromatic heterocycles. The molecule has 4 nitrogen and oxygen atoms in total. The Morgan fingerprint density at radius 3 is 1.83 bits per heavy atom. The zero-order chi connectivity index (χ0) is 20.8. The second-order valence-corrected chi connectivity index (χ2v) is 13.6. The van der Waals surface area contributed by atoms with E-state index < -0.39 is 24.2 Å². The van der Waals surface area contributed by atoms with Gasteiger partial charge in [0.1, 0.15) is 29.9 Å². The molecule has 0 amide bonds. The first-order chi connectivity index (χ1) is 13.7. The van der Waals surface area contributed by atoms with E-state index in [0.717, 1.165) is 14.7 Å². The summed E-state index contributed by atoms with van der Waals surface area (Å²) in [5.74, 6) is 0.158. The van der Waals surface area contributed by atoms with Crippen LogP contribution in [0.25, 0.3) is 0 Å². The maximum absolute atomic E-state index is 13.1. The molecule has 0 aliphatic carbocycles. The molecule has 29 heavy (non-hydrogen) atoms. The Kier molecular flexibility index (Phi) is 5.25. The van der Waals surface area contributed by atoms with Crippen molar-refractivity contribution in [3.63, 3.8) is 0 Å². The van der Waals surface area contributed by atoms with Gasteiger partial charge in [0, 0.05) is 0 Å². The van der Waals surface area contributed by atoms with Crippen LogP contribution in [0.4, 0.5) is 0 Å². The number of hydrogen-bond acceptors (Lipinski definition) is 4. The Hall–Kier alpha value is -1.84. The minimum Gasteiger partial charge on any atom is -0.426 e. The number of ether oxygens (including phenoxy) is 1. The average Bonchev–Trinajstić information content (AvgIpc) is 2.69. The summed E-state index contributed by atoms with van der Waals surface area (Å²) in [6, 6.07) is 21.6. The third kappa shape index (κ3) is 3.71. The van der Waals surface area contributed by atoms with E-state index in [1.807, 2.05) is 59.0 Å². The highest BCUT2D eigenvalue weighted by molar-refractivity contribution is 14.1. The Labute approximate surface area is 186 Å². The number of benzene rings is 3. The number of sulfone groups is 1. The molecule has 0 spiro atoms. The van der Waals surface area contributed by atoms with Gasteiger partial charge >= 0.3 is 5.97 Å². The van der Waals surface area contributed by atoms with Gasteiger partial charge < -0.3 is 4.74 Å². The summed E-state index contributed by atoms with van der Waals surface area (Å²) in [5, 5.41) is 0. The maximum atomic E-state index is 13.1. The van der Waals surface area contributed by atoms with Crippen LogP contribution in [0.2, 0.25) is 0 Å². The van der Waals surface area contributed by atoms with Crippen LogP contribution in [-0.2, 0) is 25.5 Å². The molecule has 1 aliphatic heterocycles. The molecule has 7 heteroatoms. The third-order valence-electron chi connectivity index (χ3n) is 4.47. The first-order valence-electron chi connectivity index (χ1n) is 8.88. The molecule has 0 saturated carbocycles. The standard InChI is InChI=1S/C22H18IO4S2/c1-22(2,23)21(24)27-15-11-13-16(14-12-15)28-17-7-3-5-9-19(17)29(25,26)20-10-6-4-8-18(20)28/h3-14H,1-2H3/q+1. The molecule has 1 aliphatic rings. The fourth-order valence-electron chi connectivity index (χ4n) is 3.04. The van der Waals surface area contributed by atoms with Crippen LogP contribution < -0.4 is 4.74 Å². The van der Waals surface area contributed by atoms with Crippen LogP contribution in [0.1, 0.15) is 13.8 Å². The number of halogens is 1. The zero-order valence-electron chi connectivity index (χ0n) is 15.8. The lowest BCUT2D eigenvalue weighted by Crippen LogP contribution is -2.28. The summed E-state index contributed by atoms with van der Waals surface area (Å²) in [6.07, 6.45) is 0. The molecule has 0 saturated heterocycles. The number of carbonyl (C=O) groups excluding carboxylic acids is 1. The van der Waals surface area contributed by atoms with E-state index in [0.29, 0.717) is 15.5 Å². The van der Waals surface area contributed by atoms with E-state index in [9.17, 15) is 13.2 Å². The van der Waals surface area contributed by atoms with Crippen molar-refractivity contribution >= 4 is 49.3 Å². The number of carbonyl (C=O) groups is 1. The van der Waals surface area contributed by atoms with Crippen molar-refractivity contribution in [1.29, 1.82) is 0 Å². The molecule has 0 unspecified atom stereocenters. The normalized spacial score (nSPS) is 15.3. The highest BCUT2D eigenvalue weighted by Gasteiger charge is 2.44. The summed E-state index contributed by atoms with van der Waals surface area (Å²) in [7, 11) is -4.11. The molecule has 0 radical (unpaired) electrons. The third-order valence-corrected chi connectivity index (χ3v) is 9.38. The average molecular weight is 537 g/mol. The molecule has 0 N–H and O–H groups in total. The minimum atomic E-state index is -3.55. The molecule has 3 aromatic rings. The van der Waals surface area contributed by atoms with Crippen LogP contribution in [0.5, 0.6) is 5.75 Å². The molecule has 4 rings (SSSR count). The van der Waals surface area contributed by atoms with Gasteiger partial charge in [-0.15, -0.1) is 0 Å². The topological polar surface area (TPSA) is 60.4 Å². The Balaban J connectivity index is 1.79. The largest absolute Gasteiger partial charge is 0.426 e. The predicted molar refractivity (Wildman–Crippen MR) is 121 cm³/mol. The van der Waals surface area contributed by atoms with Gasteiger partial charge in [0.25, 0.3) is 0 Å². The molecule has 1 heterocycles. The Morgan fingerprint density at radius 2 is 1.34 bits per heavy atom. The molecular weight excluding hydrogens is 519 g/mol. The maximum Gasteiger partial charge on any atom is 0.326 e. The van der Waals surface area contributed by atoms with E-state index >= 15 is 0 Å². The summed E-state index contributed by atoms with van der Waals surface area (Å²) in [5.41, 5.74) is 0. The van der Waals surface area contributed by atoms with Gasteiger partial charge in [-0.1, -0.05) is 46.9 Å². The summed E-state index contributed by atoms with van der Waals surface area (Å²) < 4.78 is 31.0. The fraction of sp³-hybridized carbons (Fsp3) is 0.136.